The van der Waals surface area contributed by atoms with E-state index in [1.165, 1.54) is 4.90 Å². The first-order valence-electron chi connectivity index (χ1n) is 5.45. The molecule has 1 aromatic heterocycles. The molecule has 0 fully saturated rings. The van der Waals surface area contributed by atoms with Gasteiger partial charge in [0.15, 0.2) is 10.3 Å². The van der Waals surface area contributed by atoms with Gasteiger partial charge in [-0.15, -0.1) is 10.2 Å². The summed E-state index contributed by atoms with van der Waals surface area (Å²) in [5, 5.41) is 8.00. The Labute approximate surface area is 115 Å². The molecule has 0 radical (unpaired) electrons. The van der Waals surface area contributed by atoms with E-state index in [0.717, 1.165) is 11.1 Å². The van der Waals surface area contributed by atoms with Gasteiger partial charge in [0.1, 0.15) is 5.60 Å². The summed E-state index contributed by atoms with van der Waals surface area (Å²) in [6.45, 7) is 6.14. The number of halogens is 2. The second-order valence-electron chi connectivity index (χ2n) is 5.08. The molecular formula is C11H13Cl2N3O2. The topological polar surface area (TPSA) is 55.3 Å². The Morgan fingerprint density at radius 3 is 2.00 bits per heavy atom. The van der Waals surface area contributed by atoms with Gasteiger partial charge in [0.05, 0.1) is 13.1 Å². The monoisotopic (exact) mass is 289 g/mol. The number of rotatable bonds is 0. The highest BCUT2D eigenvalue weighted by molar-refractivity contribution is 6.32. The molecule has 18 heavy (non-hydrogen) atoms. The molecule has 0 bridgehead atoms. The van der Waals surface area contributed by atoms with Crippen molar-refractivity contribution in [3.63, 3.8) is 0 Å². The van der Waals surface area contributed by atoms with E-state index in [4.69, 9.17) is 27.9 Å². The molecular weight excluding hydrogens is 277 g/mol. The zero-order valence-electron chi connectivity index (χ0n) is 10.3. The van der Waals surface area contributed by atoms with Crippen LogP contribution in [0.25, 0.3) is 0 Å². The van der Waals surface area contributed by atoms with E-state index in [0.29, 0.717) is 13.1 Å². The molecule has 0 spiro atoms. The summed E-state index contributed by atoms with van der Waals surface area (Å²) in [5.41, 5.74) is 0.945. The largest absolute Gasteiger partial charge is 0.444 e. The van der Waals surface area contributed by atoms with Crippen LogP contribution in [0, 0.1) is 0 Å². The van der Waals surface area contributed by atoms with Crippen molar-refractivity contribution in [3.05, 3.63) is 21.4 Å². The first kappa shape index (κ1) is 13.4. The van der Waals surface area contributed by atoms with Crippen molar-refractivity contribution < 1.29 is 9.53 Å². The first-order valence-corrected chi connectivity index (χ1v) is 6.21. The van der Waals surface area contributed by atoms with Gasteiger partial charge in [0, 0.05) is 11.1 Å². The fraction of sp³-hybridized carbons (Fsp3) is 0.545. The van der Waals surface area contributed by atoms with Gasteiger partial charge >= 0.3 is 6.09 Å². The summed E-state index contributed by atoms with van der Waals surface area (Å²) in [6, 6.07) is 0. The number of ether oxygens (including phenoxy) is 1. The van der Waals surface area contributed by atoms with Crippen LogP contribution in [-0.2, 0) is 17.8 Å². The summed E-state index contributed by atoms with van der Waals surface area (Å²) in [7, 11) is 0. The predicted molar refractivity (Wildman–Crippen MR) is 67.5 cm³/mol. The average Bonchev–Trinajstić information content (AvgIpc) is 2.67. The molecule has 0 saturated carbocycles. The number of hydrogen-bond donors (Lipinski definition) is 0. The second-order valence-corrected chi connectivity index (χ2v) is 5.79. The Morgan fingerprint density at radius 1 is 1.17 bits per heavy atom. The van der Waals surface area contributed by atoms with Gasteiger partial charge < -0.3 is 4.74 Å². The molecule has 1 amide bonds. The Balaban J connectivity index is 2.18. The maximum Gasteiger partial charge on any atom is 0.410 e. The average molecular weight is 290 g/mol. The molecule has 7 heteroatoms. The van der Waals surface area contributed by atoms with Crippen molar-refractivity contribution in [2.24, 2.45) is 0 Å². The van der Waals surface area contributed by atoms with Crippen LogP contribution in [0.3, 0.4) is 0 Å². The zero-order valence-corrected chi connectivity index (χ0v) is 11.8. The number of hydrogen-bond acceptors (Lipinski definition) is 4. The van der Waals surface area contributed by atoms with E-state index < -0.39 is 11.7 Å². The summed E-state index contributed by atoms with van der Waals surface area (Å²) in [5.74, 6) is 0. The van der Waals surface area contributed by atoms with Crippen molar-refractivity contribution in [1.82, 2.24) is 15.1 Å². The minimum Gasteiger partial charge on any atom is -0.444 e. The lowest BCUT2D eigenvalue weighted by atomic mass is 10.2. The van der Waals surface area contributed by atoms with Crippen LogP contribution in [0.1, 0.15) is 31.9 Å². The molecule has 0 saturated heterocycles. The number of nitrogens with zero attached hydrogens (tertiary/aromatic N) is 3. The molecule has 0 aliphatic carbocycles. The van der Waals surface area contributed by atoms with Crippen LogP contribution in [0.15, 0.2) is 0 Å². The van der Waals surface area contributed by atoms with Crippen LogP contribution >= 0.6 is 23.2 Å². The number of amides is 1. The van der Waals surface area contributed by atoms with Gasteiger partial charge in [-0.25, -0.2) is 4.79 Å². The Hall–Kier alpha value is -1.07. The van der Waals surface area contributed by atoms with Crippen molar-refractivity contribution >= 4 is 29.3 Å². The predicted octanol–water partition coefficient (Wildman–Crippen LogP) is 3.03. The normalized spacial score (nSPS) is 14.6. The molecule has 1 aliphatic heterocycles. The van der Waals surface area contributed by atoms with Gasteiger partial charge in [0.2, 0.25) is 0 Å². The van der Waals surface area contributed by atoms with Crippen LogP contribution < -0.4 is 0 Å². The van der Waals surface area contributed by atoms with Crippen molar-refractivity contribution in [2.45, 2.75) is 39.5 Å². The van der Waals surface area contributed by atoms with Gasteiger partial charge in [-0.2, -0.15) is 0 Å². The number of fused-ring (bicyclic) bond motifs is 1. The van der Waals surface area contributed by atoms with Gasteiger partial charge in [-0.05, 0) is 20.8 Å². The first-order chi connectivity index (χ1) is 8.28. The Bertz CT molecular complexity index is 469. The SMILES string of the molecule is CC(C)(C)OC(=O)N1Cc2c(Cl)nnc(Cl)c2C1. The highest BCUT2D eigenvalue weighted by Crippen LogP contribution is 2.32. The second kappa shape index (κ2) is 4.55. The number of carbonyl (C=O) groups is 1. The molecule has 0 unspecified atom stereocenters. The molecule has 98 valence electrons. The Morgan fingerprint density at radius 2 is 1.61 bits per heavy atom. The standard InChI is InChI=1S/C11H13Cl2N3O2/c1-11(2,3)18-10(17)16-4-6-7(5-16)9(13)15-14-8(6)12/h4-5H2,1-3H3. The molecule has 1 aromatic rings. The van der Waals surface area contributed by atoms with Crippen LogP contribution in [0.5, 0.6) is 0 Å². The quantitative estimate of drug-likeness (QED) is 0.737. The molecule has 0 aromatic carbocycles. The lowest BCUT2D eigenvalue weighted by Crippen LogP contribution is -2.33. The van der Waals surface area contributed by atoms with E-state index in [9.17, 15) is 4.79 Å². The molecule has 2 heterocycles. The molecule has 0 atom stereocenters. The van der Waals surface area contributed by atoms with E-state index >= 15 is 0 Å². The summed E-state index contributed by atoms with van der Waals surface area (Å²) in [4.78, 5) is 13.5. The van der Waals surface area contributed by atoms with Gasteiger partial charge in [-0.3, -0.25) is 4.90 Å². The summed E-state index contributed by atoms with van der Waals surface area (Å²) >= 11 is 11.9. The highest BCUT2D eigenvalue weighted by Gasteiger charge is 2.31. The third kappa shape index (κ3) is 2.67. The van der Waals surface area contributed by atoms with Gasteiger partial charge in [0.25, 0.3) is 0 Å². The minimum absolute atomic E-state index is 0.278. The van der Waals surface area contributed by atoms with Crippen LogP contribution in [-0.4, -0.2) is 26.8 Å². The van der Waals surface area contributed by atoms with Gasteiger partial charge in [-0.1, -0.05) is 23.2 Å². The molecule has 2 rings (SSSR count). The van der Waals surface area contributed by atoms with E-state index in [1.807, 2.05) is 20.8 Å². The third-order valence-electron chi connectivity index (χ3n) is 2.44. The molecule has 5 nitrogen and oxygen atoms in total. The lowest BCUT2D eigenvalue weighted by Gasteiger charge is -2.24. The zero-order chi connectivity index (χ0) is 13.5. The Kier molecular flexibility index (Phi) is 3.38. The van der Waals surface area contributed by atoms with E-state index in [1.54, 1.807) is 0 Å². The van der Waals surface area contributed by atoms with Crippen molar-refractivity contribution in [3.8, 4) is 0 Å². The van der Waals surface area contributed by atoms with Crippen molar-refractivity contribution in [2.75, 3.05) is 0 Å². The number of carbonyl (C=O) groups excluding carboxylic acids is 1. The third-order valence-corrected chi connectivity index (χ3v) is 3.04. The fourth-order valence-electron chi connectivity index (χ4n) is 1.67. The minimum atomic E-state index is -0.532. The molecule has 0 N–H and O–H groups in total. The number of aromatic nitrogens is 2. The summed E-state index contributed by atoms with van der Waals surface area (Å²) < 4.78 is 5.29. The summed E-state index contributed by atoms with van der Waals surface area (Å²) in [6.07, 6.45) is -0.397. The molecule has 1 aliphatic rings. The maximum atomic E-state index is 11.9. The highest BCUT2D eigenvalue weighted by atomic mass is 35.5. The fourth-order valence-corrected chi connectivity index (χ4v) is 2.10. The lowest BCUT2D eigenvalue weighted by molar-refractivity contribution is 0.0242. The van der Waals surface area contributed by atoms with E-state index in [2.05, 4.69) is 10.2 Å². The van der Waals surface area contributed by atoms with Crippen LogP contribution in [0.4, 0.5) is 4.79 Å². The smallest absolute Gasteiger partial charge is 0.410 e. The van der Waals surface area contributed by atoms with Crippen LogP contribution in [0.2, 0.25) is 10.3 Å². The van der Waals surface area contributed by atoms with Crippen molar-refractivity contribution in [1.29, 1.82) is 0 Å². The maximum absolute atomic E-state index is 11.9. The van der Waals surface area contributed by atoms with E-state index in [-0.39, 0.29) is 10.3 Å².